The van der Waals surface area contributed by atoms with Gasteiger partial charge in [0.2, 0.25) is 0 Å². The summed E-state index contributed by atoms with van der Waals surface area (Å²) >= 11 is 1.58. The molecule has 152 valence electrons. The minimum atomic E-state index is -0.789. The second-order valence-electron chi connectivity index (χ2n) is 8.46. The Bertz CT molecular complexity index is 750. The second-order valence-corrected chi connectivity index (χ2v) is 9.84. The van der Waals surface area contributed by atoms with E-state index in [4.69, 9.17) is 4.74 Å². The van der Waals surface area contributed by atoms with Crippen molar-refractivity contribution in [1.29, 1.82) is 0 Å². The van der Waals surface area contributed by atoms with Gasteiger partial charge < -0.3 is 14.7 Å². The molecule has 1 aromatic rings. The van der Waals surface area contributed by atoms with Gasteiger partial charge in [0.25, 0.3) is 5.91 Å². The van der Waals surface area contributed by atoms with Crippen LogP contribution in [0.2, 0.25) is 0 Å². The van der Waals surface area contributed by atoms with E-state index in [1.165, 1.54) is 0 Å². The van der Waals surface area contributed by atoms with Crippen molar-refractivity contribution in [3.63, 3.8) is 0 Å². The Morgan fingerprint density at radius 2 is 1.75 bits per heavy atom. The van der Waals surface area contributed by atoms with Crippen LogP contribution in [-0.2, 0) is 14.3 Å². The number of esters is 1. The largest absolute Gasteiger partial charge is 0.481 e. The van der Waals surface area contributed by atoms with Crippen molar-refractivity contribution in [3.05, 3.63) is 35.9 Å². The third-order valence-corrected chi connectivity index (χ3v) is 6.92. The molecule has 1 aromatic carbocycles. The summed E-state index contributed by atoms with van der Waals surface area (Å²) in [4.78, 5) is 38.8. The molecule has 1 saturated carbocycles. The van der Waals surface area contributed by atoms with E-state index in [-0.39, 0.29) is 11.8 Å². The lowest BCUT2D eigenvalue weighted by atomic mass is 9.84. The van der Waals surface area contributed by atoms with Crippen molar-refractivity contribution >= 4 is 29.6 Å². The van der Waals surface area contributed by atoms with Crippen molar-refractivity contribution in [1.82, 2.24) is 4.90 Å². The molecule has 3 rings (SSSR count). The predicted molar refractivity (Wildman–Crippen MR) is 107 cm³/mol. The molecule has 0 bridgehead atoms. The zero-order valence-corrected chi connectivity index (χ0v) is 17.3. The summed E-state index contributed by atoms with van der Waals surface area (Å²) in [7, 11) is 0. The highest BCUT2D eigenvalue weighted by Gasteiger charge is 2.54. The molecule has 1 spiro atoms. The van der Waals surface area contributed by atoms with E-state index in [0.717, 1.165) is 0 Å². The summed E-state index contributed by atoms with van der Waals surface area (Å²) in [6.07, 6.45) is 2.13. The van der Waals surface area contributed by atoms with Crippen LogP contribution < -0.4 is 0 Å². The summed E-state index contributed by atoms with van der Waals surface area (Å²) < 4.78 is 5.59. The molecule has 1 atom stereocenters. The van der Waals surface area contributed by atoms with Gasteiger partial charge in [-0.25, -0.2) is 4.79 Å². The van der Waals surface area contributed by atoms with E-state index < -0.39 is 28.5 Å². The standard InChI is InChI=1S/C21H27NO5S/c1-20(2,3)27-19(26)16-13-28-21(11-9-15(10-12-21)18(24)25)22(16)17(23)14-7-5-4-6-8-14/h4-8,15-16H,9-13H2,1-3H3,(H,24,25)/t15?,16-,21?/m0/s1. The molecule has 1 N–H and O–H groups in total. The Labute approximate surface area is 169 Å². The number of aliphatic carboxylic acids is 1. The normalized spacial score (nSPS) is 27.6. The van der Waals surface area contributed by atoms with Gasteiger partial charge in [0.15, 0.2) is 0 Å². The molecular weight excluding hydrogens is 378 g/mol. The molecule has 1 heterocycles. The number of carbonyl (C=O) groups is 3. The summed E-state index contributed by atoms with van der Waals surface area (Å²) in [6, 6.07) is 8.26. The van der Waals surface area contributed by atoms with Crippen LogP contribution in [0.25, 0.3) is 0 Å². The topological polar surface area (TPSA) is 83.9 Å². The number of hydrogen-bond donors (Lipinski definition) is 1. The Morgan fingerprint density at radius 1 is 1.14 bits per heavy atom. The van der Waals surface area contributed by atoms with Gasteiger partial charge in [0, 0.05) is 11.3 Å². The minimum absolute atomic E-state index is 0.199. The molecule has 0 unspecified atom stereocenters. The first-order valence-electron chi connectivity index (χ1n) is 9.61. The van der Waals surface area contributed by atoms with Crippen molar-refractivity contribution in [2.24, 2.45) is 5.92 Å². The van der Waals surface area contributed by atoms with Crippen molar-refractivity contribution in [2.75, 3.05) is 5.75 Å². The van der Waals surface area contributed by atoms with Crippen LogP contribution in [0, 0.1) is 5.92 Å². The number of hydrogen-bond acceptors (Lipinski definition) is 5. The fraction of sp³-hybridized carbons (Fsp3) is 0.571. The first-order chi connectivity index (χ1) is 13.1. The van der Waals surface area contributed by atoms with Crippen molar-refractivity contribution < 1.29 is 24.2 Å². The molecule has 7 heteroatoms. The van der Waals surface area contributed by atoms with Crippen molar-refractivity contribution in [2.45, 2.75) is 63.0 Å². The quantitative estimate of drug-likeness (QED) is 0.774. The summed E-state index contributed by atoms with van der Waals surface area (Å²) in [5, 5.41) is 9.33. The Morgan fingerprint density at radius 3 is 2.29 bits per heavy atom. The van der Waals surface area contributed by atoms with E-state index in [1.807, 2.05) is 26.8 Å². The number of carboxylic acid groups (broad SMARTS) is 1. The molecule has 1 amide bonds. The first-order valence-corrected chi connectivity index (χ1v) is 10.6. The van der Waals surface area contributed by atoms with Gasteiger partial charge in [-0.1, -0.05) is 18.2 Å². The molecule has 1 saturated heterocycles. The average molecular weight is 406 g/mol. The van der Waals surface area contributed by atoms with E-state index in [2.05, 4.69) is 0 Å². The summed E-state index contributed by atoms with van der Waals surface area (Å²) in [6.45, 7) is 5.43. The molecule has 28 heavy (non-hydrogen) atoms. The maximum atomic E-state index is 13.4. The van der Waals surface area contributed by atoms with Gasteiger partial charge >= 0.3 is 11.9 Å². The van der Waals surface area contributed by atoms with Crippen LogP contribution >= 0.6 is 11.8 Å². The Hall–Kier alpha value is -2.02. The molecular formula is C21H27NO5S. The number of benzene rings is 1. The summed E-state index contributed by atoms with van der Waals surface area (Å²) in [5.41, 5.74) is -0.113. The number of amides is 1. The average Bonchev–Trinajstić information content (AvgIpc) is 2.99. The predicted octanol–water partition coefficient (Wildman–Crippen LogP) is 3.56. The lowest BCUT2D eigenvalue weighted by Gasteiger charge is -2.43. The third-order valence-electron chi connectivity index (χ3n) is 5.30. The highest BCUT2D eigenvalue weighted by atomic mass is 32.2. The minimum Gasteiger partial charge on any atom is -0.481 e. The third kappa shape index (κ3) is 4.19. The van der Waals surface area contributed by atoms with E-state index in [9.17, 15) is 19.5 Å². The van der Waals surface area contributed by atoms with Gasteiger partial charge in [-0.15, -0.1) is 11.8 Å². The van der Waals surface area contributed by atoms with Gasteiger partial charge in [-0.3, -0.25) is 9.59 Å². The molecule has 6 nitrogen and oxygen atoms in total. The Kier molecular flexibility index (Phi) is 5.75. The number of ether oxygens (including phenoxy) is 1. The lowest BCUT2D eigenvalue weighted by Crippen LogP contribution is -2.55. The zero-order valence-electron chi connectivity index (χ0n) is 16.5. The van der Waals surface area contributed by atoms with Crippen LogP contribution in [-0.4, -0.2) is 50.1 Å². The lowest BCUT2D eigenvalue weighted by molar-refractivity contribution is -0.160. The number of nitrogens with zero attached hydrogens (tertiary/aromatic N) is 1. The zero-order chi connectivity index (χ0) is 20.5. The number of carboxylic acids is 1. The molecule has 2 fully saturated rings. The van der Waals surface area contributed by atoms with E-state index in [0.29, 0.717) is 37.0 Å². The molecule has 2 aliphatic rings. The smallest absolute Gasteiger partial charge is 0.330 e. The highest BCUT2D eigenvalue weighted by Crippen LogP contribution is 2.51. The van der Waals surface area contributed by atoms with E-state index in [1.54, 1.807) is 40.9 Å². The van der Waals surface area contributed by atoms with Crippen molar-refractivity contribution in [3.8, 4) is 0 Å². The first kappa shape index (κ1) is 20.7. The molecule has 0 aromatic heterocycles. The van der Waals surface area contributed by atoms with Crippen LogP contribution in [0.15, 0.2) is 30.3 Å². The number of rotatable bonds is 3. The van der Waals surface area contributed by atoms with Gasteiger partial charge in [-0.05, 0) is 58.6 Å². The fourth-order valence-corrected chi connectivity index (χ4v) is 5.58. The van der Waals surface area contributed by atoms with Crippen LogP contribution in [0.1, 0.15) is 56.8 Å². The van der Waals surface area contributed by atoms with Crippen LogP contribution in [0.4, 0.5) is 0 Å². The molecule has 1 aliphatic carbocycles. The molecule has 1 aliphatic heterocycles. The second kappa shape index (κ2) is 7.78. The van der Waals surface area contributed by atoms with Gasteiger partial charge in [0.05, 0.1) is 10.8 Å². The highest BCUT2D eigenvalue weighted by molar-refractivity contribution is 8.01. The number of carbonyl (C=O) groups excluding carboxylic acids is 2. The molecule has 0 radical (unpaired) electrons. The maximum Gasteiger partial charge on any atom is 0.330 e. The van der Waals surface area contributed by atoms with Gasteiger partial charge in [-0.2, -0.15) is 0 Å². The Balaban J connectivity index is 1.91. The van der Waals surface area contributed by atoms with E-state index >= 15 is 0 Å². The fourth-order valence-electron chi connectivity index (χ4n) is 3.95. The summed E-state index contributed by atoms with van der Waals surface area (Å²) in [5.74, 6) is -1.31. The van der Waals surface area contributed by atoms with Gasteiger partial charge in [0.1, 0.15) is 11.6 Å². The SMILES string of the molecule is CC(C)(C)OC(=O)[C@@H]1CSC2(CCC(C(=O)O)CC2)N1C(=O)c1ccccc1. The maximum absolute atomic E-state index is 13.4. The van der Waals surface area contributed by atoms with Crippen LogP contribution in [0.5, 0.6) is 0 Å². The monoisotopic (exact) mass is 405 g/mol. The van der Waals surface area contributed by atoms with Crippen LogP contribution in [0.3, 0.4) is 0 Å². The number of thioether (sulfide) groups is 1.